The monoisotopic (exact) mass is 294 g/mol. The Hall–Kier alpha value is -1.41. The van der Waals surface area contributed by atoms with Crippen LogP contribution < -0.4 is 4.74 Å². The first-order valence-corrected chi connectivity index (χ1v) is 6.00. The van der Waals surface area contributed by atoms with Crippen molar-refractivity contribution in [3.63, 3.8) is 0 Å². The fourth-order valence-corrected chi connectivity index (χ4v) is 1.30. The average Bonchev–Trinajstić information content (AvgIpc) is 2.30. The van der Waals surface area contributed by atoms with Gasteiger partial charge in [0.05, 0.1) is 18.6 Å². The Balaban J connectivity index is 2.74. The van der Waals surface area contributed by atoms with Crippen molar-refractivity contribution in [2.24, 2.45) is 0 Å². The highest BCUT2D eigenvalue weighted by Gasteiger charge is 2.26. The van der Waals surface area contributed by atoms with E-state index >= 15 is 0 Å². The van der Waals surface area contributed by atoms with E-state index < -0.39 is 25.0 Å². The fraction of sp³-hybridized carbons (Fsp3) is 0.385. The molecule has 0 saturated heterocycles. The van der Waals surface area contributed by atoms with Crippen LogP contribution in [0.5, 0.6) is 5.75 Å². The Morgan fingerprint density at radius 3 is 2.63 bits per heavy atom. The molecule has 1 nitrogen and oxygen atoms in total. The molecule has 0 saturated carbocycles. The minimum Gasteiger partial charge on any atom is -0.492 e. The van der Waals surface area contributed by atoms with Gasteiger partial charge >= 0.3 is 6.18 Å². The van der Waals surface area contributed by atoms with Gasteiger partial charge in [-0.2, -0.15) is 13.2 Å². The number of rotatable bonds is 4. The largest absolute Gasteiger partial charge is 0.492 e. The molecule has 0 heterocycles. The maximum absolute atomic E-state index is 13.0. The number of alkyl halides is 4. The fourth-order valence-electron chi connectivity index (χ4n) is 1.21. The quantitative estimate of drug-likeness (QED) is 0.461. The summed E-state index contributed by atoms with van der Waals surface area (Å²) in [5.74, 6) is 5.23. The van der Waals surface area contributed by atoms with Crippen LogP contribution in [0.25, 0.3) is 0 Å². The van der Waals surface area contributed by atoms with Gasteiger partial charge in [0.25, 0.3) is 0 Å². The number of hydrogen-bond donors (Lipinski definition) is 0. The van der Waals surface area contributed by atoms with Gasteiger partial charge in [0.1, 0.15) is 11.6 Å². The average molecular weight is 295 g/mol. The third kappa shape index (κ3) is 6.35. The lowest BCUT2D eigenvalue weighted by Crippen LogP contribution is -2.13. The van der Waals surface area contributed by atoms with Crippen LogP contribution in [-0.4, -0.2) is 18.7 Å². The minimum atomic E-state index is -4.29. The summed E-state index contributed by atoms with van der Waals surface area (Å²) in [5.41, 5.74) is 0.215. The predicted octanol–water partition coefficient (Wildman–Crippen LogP) is 4.14. The van der Waals surface area contributed by atoms with Gasteiger partial charge < -0.3 is 4.74 Å². The minimum absolute atomic E-state index is 0.132. The molecule has 0 N–H and O–H groups in total. The summed E-state index contributed by atoms with van der Waals surface area (Å²) in [4.78, 5) is 0. The Kier molecular flexibility index (Phi) is 5.97. The summed E-state index contributed by atoms with van der Waals surface area (Å²) >= 11 is 5.44. The van der Waals surface area contributed by atoms with E-state index in [1.54, 1.807) is 0 Å². The molecule has 0 fully saturated rings. The lowest BCUT2D eigenvalue weighted by Gasteiger charge is -2.10. The molecule has 1 rings (SSSR count). The summed E-state index contributed by atoms with van der Waals surface area (Å²) < 4.78 is 54.0. The van der Waals surface area contributed by atoms with E-state index in [1.807, 2.05) is 0 Å². The molecule has 1 aromatic rings. The molecule has 0 spiro atoms. The first-order valence-electron chi connectivity index (χ1n) is 5.46. The van der Waals surface area contributed by atoms with Crippen LogP contribution in [0.15, 0.2) is 18.2 Å². The summed E-state index contributed by atoms with van der Waals surface area (Å²) in [6.07, 6.45) is -4.95. The number of benzene rings is 1. The van der Waals surface area contributed by atoms with Gasteiger partial charge in [-0.15, -0.1) is 11.6 Å². The molecule has 0 radical (unpaired) electrons. The molecule has 0 aliphatic carbocycles. The van der Waals surface area contributed by atoms with Crippen molar-refractivity contribution in [1.82, 2.24) is 0 Å². The normalized spacial score (nSPS) is 10.8. The lowest BCUT2D eigenvalue weighted by molar-refractivity contribution is -0.139. The molecular weight excluding hydrogens is 284 g/mol. The molecule has 6 heteroatoms. The van der Waals surface area contributed by atoms with Crippen LogP contribution in [0.1, 0.15) is 18.4 Å². The summed E-state index contributed by atoms with van der Waals surface area (Å²) in [5, 5.41) is 0. The summed E-state index contributed by atoms with van der Waals surface area (Å²) in [7, 11) is 0. The van der Waals surface area contributed by atoms with Crippen molar-refractivity contribution < 1.29 is 22.3 Å². The molecule has 0 amide bonds. The van der Waals surface area contributed by atoms with Gasteiger partial charge in [-0.3, -0.25) is 0 Å². The van der Waals surface area contributed by atoms with Gasteiger partial charge in [-0.25, -0.2) is 4.39 Å². The maximum atomic E-state index is 13.0. The van der Waals surface area contributed by atoms with Crippen LogP contribution in [0, 0.1) is 17.7 Å². The van der Waals surface area contributed by atoms with E-state index in [9.17, 15) is 17.6 Å². The highest BCUT2D eigenvalue weighted by molar-refractivity contribution is 6.18. The van der Waals surface area contributed by atoms with E-state index in [0.29, 0.717) is 12.3 Å². The Morgan fingerprint density at radius 1 is 1.26 bits per heavy atom. The Bertz CT molecular complexity index is 474. The SMILES string of the molecule is Fc1ccc(OCCC(F)(F)F)c(C#CCCCl)c1. The van der Waals surface area contributed by atoms with Gasteiger partial charge in [-0.05, 0) is 18.2 Å². The van der Waals surface area contributed by atoms with Gasteiger partial charge in [0, 0.05) is 12.3 Å². The molecule has 1 aromatic carbocycles. The first-order chi connectivity index (χ1) is 8.92. The molecule has 0 aliphatic heterocycles. The second-order valence-corrected chi connectivity index (χ2v) is 3.97. The van der Waals surface area contributed by atoms with E-state index in [1.165, 1.54) is 6.07 Å². The van der Waals surface area contributed by atoms with Gasteiger partial charge in [0.2, 0.25) is 0 Å². The van der Waals surface area contributed by atoms with Crippen molar-refractivity contribution in [3.8, 4) is 17.6 Å². The third-order valence-electron chi connectivity index (χ3n) is 2.03. The van der Waals surface area contributed by atoms with Crippen LogP contribution in [0.4, 0.5) is 17.6 Å². The maximum Gasteiger partial charge on any atom is 0.392 e. The van der Waals surface area contributed by atoms with Gasteiger partial charge in [0.15, 0.2) is 0 Å². The smallest absolute Gasteiger partial charge is 0.392 e. The molecule has 0 aliphatic rings. The van der Waals surface area contributed by atoms with E-state index in [-0.39, 0.29) is 11.3 Å². The van der Waals surface area contributed by atoms with Crippen molar-refractivity contribution in [1.29, 1.82) is 0 Å². The molecule has 104 valence electrons. The van der Waals surface area contributed by atoms with Crippen molar-refractivity contribution in [2.75, 3.05) is 12.5 Å². The summed E-state index contributed by atoms with van der Waals surface area (Å²) in [6, 6.07) is 3.48. The molecule has 0 atom stereocenters. The van der Waals surface area contributed by atoms with E-state index in [4.69, 9.17) is 16.3 Å². The third-order valence-corrected chi connectivity index (χ3v) is 2.22. The standard InChI is InChI=1S/C13H11ClF4O/c14-7-2-1-3-10-9-11(15)4-5-12(10)19-8-6-13(16,17)18/h4-5,9H,2,6-8H2. The zero-order chi connectivity index (χ0) is 14.3. The highest BCUT2D eigenvalue weighted by Crippen LogP contribution is 2.22. The second-order valence-electron chi connectivity index (χ2n) is 3.59. The van der Waals surface area contributed by atoms with Crippen LogP contribution in [-0.2, 0) is 0 Å². The lowest BCUT2D eigenvalue weighted by atomic mass is 10.2. The van der Waals surface area contributed by atoms with Crippen LogP contribution in [0.2, 0.25) is 0 Å². The summed E-state index contributed by atoms with van der Waals surface area (Å²) in [6.45, 7) is -0.528. The topological polar surface area (TPSA) is 9.23 Å². The first kappa shape index (κ1) is 15.6. The van der Waals surface area contributed by atoms with Crippen LogP contribution >= 0.6 is 11.6 Å². The number of ether oxygens (including phenoxy) is 1. The van der Waals surface area contributed by atoms with Crippen molar-refractivity contribution in [2.45, 2.75) is 19.0 Å². The predicted molar refractivity (Wildman–Crippen MR) is 64.8 cm³/mol. The zero-order valence-electron chi connectivity index (χ0n) is 9.86. The Morgan fingerprint density at radius 2 is 2.00 bits per heavy atom. The Labute approximate surface area is 113 Å². The highest BCUT2D eigenvalue weighted by atomic mass is 35.5. The van der Waals surface area contributed by atoms with Crippen molar-refractivity contribution in [3.05, 3.63) is 29.6 Å². The second kappa shape index (κ2) is 7.25. The zero-order valence-corrected chi connectivity index (χ0v) is 10.6. The van der Waals surface area contributed by atoms with Crippen molar-refractivity contribution >= 4 is 11.6 Å². The van der Waals surface area contributed by atoms with E-state index in [0.717, 1.165) is 12.1 Å². The molecule has 0 bridgehead atoms. The van der Waals surface area contributed by atoms with Crippen LogP contribution in [0.3, 0.4) is 0 Å². The molecular formula is C13H11ClF4O. The molecule has 19 heavy (non-hydrogen) atoms. The number of halogens is 5. The van der Waals surface area contributed by atoms with E-state index in [2.05, 4.69) is 11.8 Å². The number of hydrogen-bond acceptors (Lipinski definition) is 1. The molecule has 0 unspecified atom stereocenters. The van der Waals surface area contributed by atoms with Gasteiger partial charge in [-0.1, -0.05) is 11.8 Å². The molecule has 0 aromatic heterocycles.